The van der Waals surface area contributed by atoms with E-state index in [1.54, 1.807) is 0 Å². The highest BCUT2D eigenvalue weighted by Crippen LogP contribution is 2.41. The Morgan fingerprint density at radius 3 is 1.45 bits per heavy atom. The Morgan fingerprint density at radius 1 is 0.677 bits per heavy atom. The third-order valence-corrected chi connectivity index (χ3v) is 6.40. The van der Waals surface area contributed by atoms with E-state index in [0.717, 1.165) is 57.8 Å². The highest BCUT2D eigenvalue weighted by Gasteiger charge is 2.38. The summed E-state index contributed by atoms with van der Waals surface area (Å²) >= 11 is 0. The summed E-state index contributed by atoms with van der Waals surface area (Å²) in [5.41, 5.74) is -0.127. The van der Waals surface area contributed by atoms with Gasteiger partial charge >= 0.3 is 11.9 Å². The highest BCUT2D eigenvalue weighted by atomic mass is 16.4. The number of rotatable bonds is 16. The number of carboxylic acid groups (broad SMARTS) is 2. The van der Waals surface area contributed by atoms with E-state index in [1.807, 2.05) is 0 Å². The topological polar surface area (TPSA) is 74.6 Å². The van der Waals surface area contributed by atoms with Gasteiger partial charge in [0.1, 0.15) is 0 Å². The van der Waals surface area contributed by atoms with E-state index in [-0.39, 0.29) is 17.3 Å². The molecule has 0 spiro atoms. The van der Waals surface area contributed by atoms with Gasteiger partial charge in [0.15, 0.2) is 0 Å². The fourth-order valence-electron chi connectivity index (χ4n) is 5.13. The standard InChI is InChI=1S/C27H52O4/c1-21(19-25(3,4)5)14-17-27(24(30)31,16-12-10-9-11-13-23(28)29)18-15-22(2)20-26(6,7)8/h21-22H,9-20H2,1-8H3,(H,28,29)(H,30,31). The van der Waals surface area contributed by atoms with Gasteiger partial charge in [-0.15, -0.1) is 0 Å². The van der Waals surface area contributed by atoms with Crippen molar-refractivity contribution < 1.29 is 19.8 Å². The SMILES string of the molecule is CC(CCC(CCCCCCC(=O)O)(CCC(C)CC(C)(C)C)C(=O)O)CC(C)(C)C. The van der Waals surface area contributed by atoms with Crippen LogP contribution in [0, 0.1) is 28.1 Å². The second-order valence-electron chi connectivity index (χ2n) is 12.7. The van der Waals surface area contributed by atoms with Crippen LogP contribution < -0.4 is 0 Å². The molecule has 0 bridgehead atoms. The molecule has 31 heavy (non-hydrogen) atoms. The van der Waals surface area contributed by atoms with Gasteiger partial charge in [-0.05, 0) is 74.0 Å². The van der Waals surface area contributed by atoms with Crippen molar-refractivity contribution in [2.24, 2.45) is 28.1 Å². The van der Waals surface area contributed by atoms with Crippen LogP contribution in [0.3, 0.4) is 0 Å². The lowest BCUT2D eigenvalue weighted by Gasteiger charge is -2.33. The van der Waals surface area contributed by atoms with E-state index in [2.05, 4.69) is 55.4 Å². The van der Waals surface area contributed by atoms with Crippen molar-refractivity contribution in [1.82, 2.24) is 0 Å². The zero-order valence-corrected chi connectivity index (χ0v) is 21.9. The van der Waals surface area contributed by atoms with Crippen molar-refractivity contribution in [3.63, 3.8) is 0 Å². The van der Waals surface area contributed by atoms with Crippen molar-refractivity contribution in [1.29, 1.82) is 0 Å². The Balaban J connectivity index is 5.09. The van der Waals surface area contributed by atoms with Gasteiger partial charge in [-0.3, -0.25) is 9.59 Å². The second-order valence-corrected chi connectivity index (χ2v) is 12.7. The number of aliphatic carboxylic acids is 2. The van der Waals surface area contributed by atoms with E-state index >= 15 is 0 Å². The fourth-order valence-corrected chi connectivity index (χ4v) is 5.13. The molecule has 0 aromatic heterocycles. The maximum atomic E-state index is 12.5. The molecular weight excluding hydrogens is 388 g/mol. The van der Waals surface area contributed by atoms with Crippen LogP contribution in [0.5, 0.6) is 0 Å². The van der Waals surface area contributed by atoms with Gasteiger partial charge in [0.05, 0.1) is 5.41 Å². The third-order valence-electron chi connectivity index (χ3n) is 6.40. The monoisotopic (exact) mass is 440 g/mol. The maximum absolute atomic E-state index is 12.5. The molecule has 2 atom stereocenters. The Morgan fingerprint density at radius 2 is 1.10 bits per heavy atom. The van der Waals surface area contributed by atoms with E-state index in [4.69, 9.17) is 5.11 Å². The summed E-state index contributed by atoms with van der Waals surface area (Å²) in [6, 6.07) is 0. The number of unbranched alkanes of at least 4 members (excludes halogenated alkanes) is 3. The lowest BCUT2D eigenvalue weighted by molar-refractivity contribution is -0.151. The molecule has 0 fully saturated rings. The zero-order chi connectivity index (χ0) is 24.3. The van der Waals surface area contributed by atoms with Crippen molar-refractivity contribution in [2.75, 3.05) is 0 Å². The van der Waals surface area contributed by atoms with E-state index < -0.39 is 17.4 Å². The quantitative estimate of drug-likeness (QED) is 0.237. The molecule has 0 saturated carbocycles. The summed E-state index contributed by atoms with van der Waals surface area (Å²) < 4.78 is 0. The summed E-state index contributed by atoms with van der Waals surface area (Å²) in [7, 11) is 0. The first-order valence-corrected chi connectivity index (χ1v) is 12.5. The van der Waals surface area contributed by atoms with Crippen LogP contribution in [0.4, 0.5) is 0 Å². The molecule has 0 saturated heterocycles. The molecule has 0 aliphatic carbocycles. The summed E-state index contributed by atoms with van der Waals surface area (Å²) in [5.74, 6) is -0.355. The minimum atomic E-state index is -0.749. The van der Waals surface area contributed by atoms with Gasteiger partial charge in [0.2, 0.25) is 0 Å². The van der Waals surface area contributed by atoms with Crippen LogP contribution in [-0.4, -0.2) is 22.2 Å². The highest BCUT2D eigenvalue weighted by molar-refractivity contribution is 5.74. The maximum Gasteiger partial charge on any atom is 0.309 e. The summed E-state index contributed by atoms with van der Waals surface area (Å²) in [5, 5.41) is 19.1. The Hall–Kier alpha value is -1.06. The molecule has 184 valence electrons. The van der Waals surface area contributed by atoms with Crippen LogP contribution in [0.1, 0.15) is 132 Å². The summed E-state index contributed by atoms with van der Waals surface area (Å²) in [4.78, 5) is 23.2. The average molecular weight is 441 g/mol. The fraction of sp³-hybridized carbons (Fsp3) is 0.926. The molecule has 0 amide bonds. The predicted octanol–water partition coefficient (Wildman–Crippen LogP) is 8.19. The molecule has 0 aliphatic heterocycles. The first kappa shape index (κ1) is 29.9. The van der Waals surface area contributed by atoms with Gasteiger partial charge < -0.3 is 10.2 Å². The van der Waals surface area contributed by atoms with Gasteiger partial charge in [-0.1, -0.05) is 74.7 Å². The Bertz CT molecular complexity index is 498. The third kappa shape index (κ3) is 15.4. The predicted molar refractivity (Wildman–Crippen MR) is 130 cm³/mol. The summed E-state index contributed by atoms with van der Waals surface area (Å²) in [6.07, 6.45) is 9.86. The Kier molecular flexibility index (Phi) is 13.0. The van der Waals surface area contributed by atoms with Gasteiger partial charge in [0, 0.05) is 6.42 Å². The van der Waals surface area contributed by atoms with Crippen LogP contribution in [-0.2, 0) is 9.59 Å². The van der Waals surface area contributed by atoms with Gasteiger partial charge in [-0.2, -0.15) is 0 Å². The zero-order valence-electron chi connectivity index (χ0n) is 21.9. The van der Waals surface area contributed by atoms with Crippen LogP contribution in [0.2, 0.25) is 0 Å². The van der Waals surface area contributed by atoms with Crippen molar-refractivity contribution in [2.45, 2.75) is 132 Å². The lowest BCUT2D eigenvalue weighted by atomic mass is 9.70. The minimum Gasteiger partial charge on any atom is -0.481 e. The van der Waals surface area contributed by atoms with Gasteiger partial charge in [0.25, 0.3) is 0 Å². The van der Waals surface area contributed by atoms with Crippen molar-refractivity contribution in [3.05, 3.63) is 0 Å². The average Bonchev–Trinajstić information content (AvgIpc) is 2.56. The first-order valence-electron chi connectivity index (χ1n) is 12.5. The van der Waals surface area contributed by atoms with Crippen LogP contribution in [0.25, 0.3) is 0 Å². The molecule has 0 radical (unpaired) electrons. The molecule has 0 aliphatic rings. The molecule has 4 nitrogen and oxygen atoms in total. The molecule has 0 aromatic rings. The molecule has 4 heteroatoms. The normalized spacial score (nSPS) is 16.5. The number of carbonyl (C=O) groups is 2. The molecule has 2 N–H and O–H groups in total. The smallest absolute Gasteiger partial charge is 0.309 e. The molecule has 0 heterocycles. The minimum absolute atomic E-state index is 0.207. The number of hydrogen-bond donors (Lipinski definition) is 2. The van der Waals surface area contributed by atoms with Gasteiger partial charge in [-0.25, -0.2) is 0 Å². The largest absolute Gasteiger partial charge is 0.481 e. The van der Waals surface area contributed by atoms with E-state index in [1.165, 1.54) is 0 Å². The molecule has 2 unspecified atom stereocenters. The lowest BCUT2D eigenvalue weighted by Crippen LogP contribution is -2.33. The number of hydrogen-bond acceptors (Lipinski definition) is 2. The number of carboxylic acids is 2. The van der Waals surface area contributed by atoms with E-state index in [9.17, 15) is 14.7 Å². The Labute approximate surface area is 192 Å². The van der Waals surface area contributed by atoms with Crippen molar-refractivity contribution >= 4 is 11.9 Å². The molecule has 0 aromatic carbocycles. The van der Waals surface area contributed by atoms with Crippen LogP contribution in [0.15, 0.2) is 0 Å². The van der Waals surface area contributed by atoms with E-state index in [0.29, 0.717) is 24.7 Å². The summed E-state index contributed by atoms with van der Waals surface area (Å²) in [6.45, 7) is 18.0. The second kappa shape index (κ2) is 13.5. The first-order chi connectivity index (χ1) is 14.1. The van der Waals surface area contributed by atoms with Crippen molar-refractivity contribution in [3.8, 4) is 0 Å². The molecular formula is C27H52O4. The molecule has 0 rings (SSSR count). The van der Waals surface area contributed by atoms with Crippen LogP contribution >= 0.6 is 0 Å².